The quantitative estimate of drug-likeness (QED) is 0.633. The van der Waals surface area contributed by atoms with Gasteiger partial charge in [0.2, 0.25) is 21.6 Å². The Labute approximate surface area is 168 Å². The second-order valence-electron chi connectivity index (χ2n) is 6.64. The van der Waals surface area contributed by atoms with Crippen molar-refractivity contribution in [1.82, 2.24) is 10.2 Å². The zero-order valence-corrected chi connectivity index (χ0v) is 16.6. The summed E-state index contributed by atoms with van der Waals surface area (Å²) in [6.07, 6.45) is 1.65. The van der Waals surface area contributed by atoms with Crippen molar-refractivity contribution < 1.29 is 22.4 Å². The molecule has 1 aromatic heterocycles. The van der Waals surface area contributed by atoms with Crippen LogP contribution in [-0.4, -0.2) is 43.9 Å². The summed E-state index contributed by atoms with van der Waals surface area (Å²) in [7, 11) is -2.52. The fraction of sp³-hybridized carbons (Fsp3) is 0.250. The van der Waals surface area contributed by atoms with E-state index in [0.29, 0.717) is 17.9 Å². The second-order valence-corrected chi connectivity index (χ2v) is 8.51. The first-order valence-corrected chi connectivity index (χ1v) is 10.7. The van der Waals surface area contributed by atoms with E-state index in [-0.39, 0.29) is 5.89 Å². The summed E-state index contributed by atoms with van der Waals surface area (Å²) in [5.74, 6) is -0.539. The first-order chi connectivity index (χ1) is 14.0. The molecular weight excluding hydrogens is 394 g/mol. The maximum atomic E-state index is 12.7. The van der Waals surface area contributed by atoms with Gasteiger partial charge in [0.15, 0.2) is 0 Å². The van der Waals surface area contributed by atoms with Crippen LogP contribution in [0.25, 0.3) is 11.5 Å². The molecule has 0 atom stereocenters. The third-order valence-corrected chi connectivity index (χ3v) is 6.06. The van der Waals surface area contributed by atoms with Gasteiger partial charge in [0.25, 0.3) is 0 Å². The molecule has 0 N–H and O–H groups in total. The lowest BCUT2D eigenvalue weighted by Crippen LogP contribution is -2.39. The average Bonchev–Trinajstić information content (AvgIpc) is 3.24. The number of nitrogens with zero attached hydrogens (tertiary/aromatic N) is 3. The average molecular weight is 413 g/mol. The van der Waals surface area contributed by atoms with E-state index in [1.54, 1.807) is 31.4 Å². The van der Waals surface area contributed by atoms with E-state index in [9.17, 15) is 13.2 Å². The molecular formula is C20H19N3O5S. The number of hydrogen-bond donors (Lipinski definition) is 0. The van der Waals surface area contributed by atoms with Crippen molar-refractivity contribution in [2.75, 3.05) is 24.3 Å². The number of carbonyl (C=O) groups is 1. The summed E-state index contributed by atoms with van der Waals surface area (Å²) in [6, 6.07) is 14.3. The summed E-state index contributed by atoms with van der Waals surface area (Å²) >= 11 is 0. The van der Waals surface area contributed by atoms with Crippen LogP contribution in [0.15, 0.2) is 58.2 Å². The molecule has 4 rings (SSSR count). The van der Waals surface area contributed by atoms with E-state index in [1.165, 1.54) is 4.90 Å². The normalized spacial score (nSPS) is 13.8. The molecule has 150 valence electrons. The molecule has 0 spiro atoms. The van der Waals surface area contributed by atoms with Gasteiger partial charge in [-0.3, -0.25) is 4.79 Å². The molecule has 1 amide bonds. The molecule has 0 radical (unpaired) electrons. The Morgan fingerprint density at radius 1 is 1.14 bits per heavy atom. The molecule has 0 saturated heterocycles. The van der Waals surface area contributed by atoms with E-state index in [2.05, 4.69) is 10.2 Å². The Morgan fingerprint density at radius 3 is 2.66 bits per heavy atom. The Kier molecular flexibility index (Phi) is 5.06. The first kappa shape index (κ1) is 19.1. The fourth-order valence-electron chi connectivity index (χ4n) is 3.28. The number of methoxy groups -OCH3 is 1. The largest absolute Gasteiger partial charge is 0.497 e. The van der Waals surface area contributed by atoms with Gasteiger partial charge in [-0.05, 0) is 48.7 Å². The van der Waals surface area contributed by atoms with Crippen molar-refractivity contribution in [1.29, 1.82) is 0 Å². The zero-order valence-electron chi connectivity index (χ0n) is 15.7. The molecule has 1 aliphatic heterocycles. The summed E-state index contributed by atoms with van der Waals surface area (Å²) in [6.45, 7) is 0.478. The lowest BCUT2D eigenvalue weighted by molar-refractivity contribution is -0.116. The van der Waals surface area contributed by atoms with E-state index < -0.39 is 26.7 Å². The highest BCUT2D eigenvalue weighted by Gasteiger charge is 2.31. The van der Waals surface area contributed by atoms with Gasteiger partial charge in [0, 0.05) is 17.8 Å². The minimum Gasteiger partial charge on any atom is -0.497 e. The van der Waals surface area contributed by atoms with Gasteiger partial charge in [-0.25, -0.2) is 8.42 Å². The predicted octanol–water partition coefficient (Wildman–Crippen LogP) is 2.50. The van der Waals surface area contributed by atoms with Crippen LogP contribution in [0.4, 0.5) is 5.69 Å². The standard InChI is InChI=1S/C20H19N3O5S/c1-27-16-10-8-15(9-11-16)19-21-22-20(28-19)29(25,26)13-18(24)23-12-4-6-14-5-2-3-7-17(14)23/h2-3,5,7-11H,4,6,12-13H2,1H3. The predicted molar refractivity (Wildman–Crippen MR) is 105 cm³/mol. The summed E-state index contributed by atoms with van der Waals surface area (Å²) in [5, 5.41) is 6.88. The van der Waals surface area contributed by atoms with Gasteiger partial charge in [-0.2, -0.15) is 0 Å². The molecule has 3 aromatic rings. The maximum absolute atomic E-state index is 12.7. The number of aromatic nitrogens is 2. The van der Waals surface area contributed by atoms with Crippen molar-refractivity contribution in [3.63, 3.8) is 0 Å². The molecule has 1 aliphatic rings. The van der Waals surface area contributed by atoms with Crippen LogP contribution in [0.2, 0.25) is 0 Å². The summed E-state index contributed by atoms with van der Waals surface area (Å²) < 4.78 is 35.8. The lowest BCUT2D eigenvalue weighted by Gasteiger charge is -2.29. The Hall–Kier alpha value is -3.20. The maximum Gasteiger partial charge on any atom is 0.336 e. The van der Waals surface area contributed by atoms with Crippen LogP contribution in [-0.2, 0) is 21.1 Å². The van der Waals surface area contributed by atoms with Crippen molar-refractivity contribution in [2.24, 2.45) is 0 Å². The number of anilines is 1. The number of ether oxygens (including phenoxy) is 1. The SMILES string of the molecule is COc1ccc(-c2nnc(S(=O)(=O)CC(=O)N3CCCc4ccccc43)o2)cc1. The highest BCUT2D eigenvalue weighted by molar-refractivity contribution is 7.91. The molecule has 29 heavy (non-hydrogen) atoms. The molecule has 0 unspecified atom stereocenters. The van der Waals surface area contributed by atoms with Crippen molar-refractivity contribution in [2.45, 2.75) is 18.1 Å². The molecule has 2 heterocycles. The first-order valence-electron chi connectivity index (χ1n) is 9.07. The molecule has 8 nitrogen and oxygen atoms in total. The number of aryl methyl sites for hydroxylation is 1. The van der Waals surface area contributed by atoms with Gasteiger partial charge in [-0.1, -0.05) is 23.3 Å². The van der Waals surface area contributed by atoms with Crippen molar-refractivity contribution in [3.05, 3.63) is 54.1 Å². The van der Waals surface area contributed by atoms with E-state index in [0.717, 1.165) is 24.1 Å². The van der Waals surface area contributed by atoms with Crippen LogP contribution < -0.4 is 9.64 Å². The number of para-hydroxylation sites is 1. The van der Waals surface area contributed by atoms with Gasteiger partial charge in [0.05, 0.1) is 7.11 Å². The monoisotopic (exact) mass is 413 g/mol. The molecule has 0 aliphatic carbocycles. The minimum absolute atomic E-state index is 0.0574. The van der Waals surface area contributed by atoms with Gasteiger partial charge in [-0.15, -0.1) is 5.10 Å². The van der Waals surface area contributed by atoms with Gasteiger partial charge in [0.1, 0.15) is 11.5 Å². The second kappa shape index (κ2) is 7.67. The molecule has 0 bridgehead atoms. The summed E-state index contributed by atoms with van der Waals surface area (Å²) in [5.41, 5.74) is 2.34. The zero-order chi connectivity index (χ0) is 20.4. The third kappa shape index (κ3) is 3.86. The fourth-order valence-corrected chi connectivity index (χ4v) is 4.26. The Morgan fingerprint density at radius 2 is 1.90 bits per heavy atom. The number of sulfone groups is 1. The minimum atomic E-state index is -4.07. The number of fused-ring (bicyclic) bond motifs is 1. The number of amides is 1. The van der Waals surface area contributed by atoms with E-state index in [4.69, 9.17) is 9.15 Å². The number of carbonyl (C=O) groups excluding carboxylic acids is 1. The van der Waals surface area contributed by atoms with E-state index in [1.807, 2.05) is 24.3 Å². The third-order valence-electron chi connectivity index (χ3n) is 4.73. The van der Waals surface area contributed by atoms with Gasteiger partial charge < -0.3 is 14.1 Å². The van der Waals surface area contributed by atoms with Crippen molar-refractivity contribution in [3.8, 4) is 17.2 Å². The van der Waals surface area contributed by atoms with E-state index >= 15 is 0 Å². The van der Waals surface area contributed by atoms with Crippen LogP contribution in [0, 0.1) is 0 Å². The van der Waals surface area contributed by atoms with Crippen LogP contribution >= 0.6 is 0 Å². The number of rotatable bonds is 5. The molecule has 0 fully saturated rings. The molecule has 2 aromatic carbocycles. The van der Waals surface area contributed by atoms with Crippen molar-refractivity contribution >= 4 is 21.4 Å². The lowest BCUT2D eigenvalue weighted by atomic mass is 10.0. The number of benzene rings is 2. The van der Waals surface area contributed by atoms with Crippen LogP contribution in [0.5, 0.6) is 5.75 Å². The molecule has 0 saturated carbocycles. The number of hydrogen-bond acceptors (Lipinski definition) is 7. The smallest absolute Gasteiger partial charge is 0.336 e. The van der Waals surface area contributed by atoms with Gasteiger partial charge >= 0.3 is 5.22 Å². The molecule has 9 heteroatoms. The highest BCUT2D eigenvalue weighted by atomic mass is 32.2. The topological polar surface area (TPSA) is 103 Å². The van der Waals surface area contributed by atoms with Crippen LogP contribution in [0.3, 0.4) is 0 Å². The highest BCUT2D eigenvalue weighted by Crippen LogP contribution is 2.28. The van der Waals surface area contributed by atoms with Crippen LogP contribution in [0.1, 0.15) is 12.0 Å². The Balaban J connectivity index is 1.54. The summed E-state index contributed by atoms with van der Waals surface area (Å²) in [4.78, 5) is 14.3. The Bertz CT molecular complexity index is 1140.